The second-order valence-electron chi connectivity index (χ2n) is 4.36. The Hall–Kier alpha value is -0.830. The van der Waals surface area contributed by atoms with Crippen LogP contribution in [-0.4, -0.2) is 6.04 Å². The minimum Gasteiger partial charge on any atom is -0.308 e. The molecule has 3 rings (SSSR count). The van der Waals surface area contributed by atoms with Crippen LogP contribution in [0.15, 0.2) is 36.4 Å². The van der Waals surface area contributed by atoms with Crippen molar-refractivity contribution in [3.05, 3.63) is 46.3 Å². The summed E-state index contributed by atoms with van der Waals surface area (Å²) in [6.45, 7) is 0.879. The zero-order valence-corrected chi connectivity index (χ0v) is 11.0. The van der Waals surface area contributed by atoms with E-state index in [2.05, 4.69) is 35.7 Å². The lowest BCUT2D eigenvalue weighted by Gasteiger charge is -2.10. The van der Waals surface area contributed by atoms with Crippen molar-refractivity contribution in [3.63, 3.8) is 0 Å². The summed E-state index contributed by atoms with van der Waals surface area (Å²) < 4.78 is 1.28. The van der Waals surface area contributed by atoms with Crippen molar-refractivity contribution >= 4 is 33.0 Å². The SMILES string of the molecule is Clc1c(CNC2CC=CC2)sc2ccccc12. The first kappa shape index (κ1) is 11.3. The van der Waals surface area contributed by atoms with Gasteiger partial charge in [-0.3, -0.25) is 0 Å². The summed E-state index contributed by atoms with van der Waals surface area (Å²) in [5.41, 5.74) is 0. The van der Waals surface area contributed by atoms with Crippen LogP contribution in [0, 0.1) is 0 Å². The minimum absolute atomic E-state index is 0.594. The maximum atomic E-state index is 6.40. The largest absolute Gasteiger partial charge is 0.308 e. The van der Waals surface area contributed by atoms with E-state index in [0.717, 1.165) is 24.4 Å². The molecule has 0 saturated heterocycles. The van der Waals surface area contributed by atoms with E-state index in [0.29, 0.717) is 6.04 Å². The van der Waals surface area contributed by atoms with Crippen LogP contribution < -0.4 is 5.32 Å². The van der Waals surface area contributed by atoms with E-state index < -0.39 is 0 Å². The van der Waals surface area contributed by atoms with Crippen LogP contribution in [0.3, 0.4) is 0 Å². The van der Waals surface area contributed by atoms with Crippen LogP contribution in [0.2, 0.25) is 5.02 Å². The molecule has 0 saturated carbocycles. The fourth-order valence-electron chi connectivity index (χ4n) is 2.20. The van der Waals surface area contributed by atoms with Crippen molar-refractivity contribution in [2.24, 2.45) is 0 Å². The molecular formula is C14H14ClNS. The average Bonchev–Trinajstić information content (AvgIpc) is 2.96. The third kappa shape index (κ3) is 2.25. The van der Waals surface area contributed by atoms with E-state index in [1.807, 2.05) is 6.07 Å². The van der Waals surface area contributed by atoms with Crippen LogP contribution in [0.1, 0.15) is 17.7 Å². The van der Waals surface area contributed by atoms with Crippen molar-refractivity contribution in [3.8, 4) is 0 Å². The Morgan fingerprint density at radius 1 is 1.24 bits per heavy atom. The van der Waals surface area contributed by atoms with Crippen LogP contribution in [0.4, 0.5) is 0 Å². The molecule has 88 valence electrons. The molecule has 3 heteroatoms. The third-order valence-electron chi connectivity index (χ3n) is 3.16. The molecule has 1 aromatic carbocycles. The van der Waals surface area contributed by atoms with Gasteiger partial charge in [-0.05, 0) is 18.9 Å². The number of hydrogen-bond donors (Lipinski definition) is 1. The molecule has 0 fully saturated rings. The highest BCUT2D eigenvalue weighted by molar-refractivity contribution is 7.19. The highest BCUT2D eigenvalue weighted by Gasteiger charge is 2.13. The number of benzene rings is 1. The summed E-state index contributed by atoms with van der Waals surface area (Å²) >= 11 is 8.19. The van der Waals surface area contributed by atoms with Gasteiger partial charge in [0.05, 0.1) is 5.02 Å². The van der Waals surface area contributed by atoms with E-state index in [9.17, 15) is 0 Å². The number of fused-ring (bicyclic) bond motifs is 1. The van der Waals surface area contributed by atoms with Gasteiger partial charge < -0.3 is 5.32 Å². The number of hydrogen-bond acceptors (Lipinski definition) is 2. The molecule has 0 radical (unpaired) electrons. The van der Waals surface area contributed by atoms with Gasteiger partial charge in [0.2, 0.25) is 0 Å². The van der Waals surface area contributed by atoms with Crippen molar-refractivity contribution in [1.29, 1.82) is 0 Å². The first-order valence-electron chi connectivity index (χ1n) is 5.89. The van der Waals surface area contributed by atoms with Crippen LogP contribution in [-0.2, 0) is 6.54 Å². The molecule has 0 bridgehead atoms. The van der Waals surface area contributed by atoms with Gasteiger partial charge in [-0.15, -0.1) is 11.3 Å². The molecule has 0 atom stereocenters. The summed E-state index contributed by atoms with van der Waals surface area (Å²) in [5.74, 6) is 0. The number of rotatable bonds is 3. The minimum atomic E-state index is 0.594. The molecule has 1 nitrogen and oxygen atoms in total. The molecule has 0 amide bonds. The normalized spacial score (nSPS) is 16.1. The van der Waals surface area contributed by atoms with Gasteiger partial charge in [-0.1, -0.05) is 42.0 Å². The first-order valence-corrected chi connectivity index (χ1v) is 7.08. The molecule has 0 aliphatic heterocycles. The van der Waals surface area contributed by atoms with Crippen molar-refractivity contribution < 1.29 is 0 Å². The summed E-state index contributed by atoms with van der Waals surface area (Å²) in [5, 5.41) is 5.66. The Bertz CT molecular complexity index is 550. The van der Waals surface area contributed by atoms with Crippen LogP contribution in [0.25, 0.3) is 10.1 Å². The summed E-state index contributed by atoms with van der Waals surface area (Å²) in [6.07, 6.45) is 6.76. The molecule has 0 unspecified atom stereocenters. The number of thiophene rings is 1. The second-order valence-corrected chi connectivity index (χ2v) is 5.87. The first-order chi connectivity index (χ1) is 8.34. The zero-order valence-electron chi connectivity index (χ0n) is 9.45. The van der Waals surface area contributed by atoms with E-state index in [-0.39, 0.29) is 0 Å². The second kappa shape index (κ2) is 4.81. The van der Waals surface area contributed by atoms with E-state index >= 15 is 0 Å². The van der Waals surface area contributed by atoms with Crippen molar-refractivity contribution in [1.82, 2.24) is 5.32 Å². The van der Waals surface area contributed by atoms with Crippen molar-refractivity contribution in [2.75, 3.05) is 0 Å². The Kier molecular flexibility index (Phi) is 3.19. The summed E-state index contributed by atoms with van der Waals surface area (Å²) in [4.78, 5) is 1.25. The lowest BCUT2D eigenvalue weighted by Crippen LogP contribution is -2.25. The highest BCUT2D eigenvalue weighted by atomic mass is 35.5. The Labute approximate surface area is 110 Å². The van der Waals surface area contributed by atoms with Gasteiger partial charge in [-0.25, -0.2) is 0 Å². The lowest BCUT2D eigenvalue weighted by molar-refractivity contribution is 0.542. The Morgan fingerprint density at radius 3 is 2.76 bits per heavy atom. The predicted molar refractivity (Wildman–Crippen MR) is 75.8 cm³/mol. The van der Waals surface area contributed by atoms with E-state index in [4.69, 9.17) is 11.6 Å². The summed E-state index contributed by atoms with van der Waals surface area (Å²) in [6, 6.07) is 8.92. The number of nitrogens with one attached hydrogen (secondary N) is 1. The predicted octanol–water partition coefficient (Wildman–Crippen LogP) is 4.36. The molecule has 17 heavy (non-hydrogen) atoms. The maximum Gasteiger partial charge on any atom is 0.0636 e. The quantitative estimate of drug-likeness (QED) is 0.812. The molecule has 1 heterocycles. The molecule has 1 N–H and O–H groups in total. The van der Waals surface area contributed by atoms with E-state index in [1.54, 1.807) is 11.3 Å². The fourth-order valence-corrected chi connectivity index (χ4v) is 3.65. The molecule has 2 aromatic rings. The van der Waals surface area contributed by atoms with Gasteiger partial charge in [0, 0.05) is 27.5 Å². The molecular weight excluding hydrogens is 250 g/mol. The third-order valence-corrected chi connectivity index (χ3v) is 4.88. The zero-order chi connectivity index (χ0) is 11.7. The van der Waals surface area contributed by atoms with Gasteiger partial charge in [0.15, 0.2) is 0 Å². The standard InChI is InChI=1S/C14H14ClNS/c15-14-11-7-3-4-8-12(11)17-13(14)9-16-10-5-1-2-6-10/h1-4,7-8,10,16H,5-6,9H2. The Balaban J connectivity index is 1.78. The summed E-state index contributed by atoms with van der Waals surface area (Å²) in [7, 11) is 0. The monoisotopic (exact) mass is 263 g/mol. The molecule has 1 aliphatic carbocycles. The molecule has 1 aliphatic rings. The van der Waals surface area contributed by atoms with Gasteiger partial charge in [0.1, 0.15) is 0 Å². The van der Waals surface area contributed by atoms with Crippen LogP contribution >= 0.6 is 22.9 Å². The lowest BCUT2D eigenvalue weighted by atomic mass is 10.2. The van der Waals surface area contributed by atoms with Gasteiger partial charge >= 0.3 is 0 Å². The van der Waals surface area contributed by atoms with E-state index in [1.165, 1.54) is 15.0 Å². The fraction of sp³-hybridized carbons (Fsp3) is 0.286. The van der Waals surface area contributed by atoms with Crippen molar-refractivity contribution in [2.45, 2.75) is 25.4 Å². The number of halogens is 1. The Morgan fingerprint density at radius 2 is 2.00 bits per heavy atom. The molecule has 1 aromatic heterocycles. The van der Waals surface area contributed by atoms with Crippen LogP contribution in [0.5, 0.6) is 0 Å². The van der Waals surface area contributed by atoms with Gasteiger partial charge in [-0.2, -0.15) is 0 Å². The average molecular weight is 264 g/mol. The smallest absolute Gasteiger partial charge is 0.0636 e. The topological polar surface area (TPSA) is 12.0 Å². The molecule has 0 spiro atoms. The maximum absolute atomic E-state index is 6.40. The highest BCUT2D eigenvalue weighted by Crippen LogP contribution is 2.35. The van der Waals surface area contributed by atoms with Gasteiger partial charge in [0.25, 0.3) is 0 Å².